The summed E-state index contributed by atoms with van der Waals surface area (Å²) in [5, 5.41) is 8.52. The summed E-state index contributed by atoms with van der Waals surface area (Å²) in [6.45, 7) is 0.269. The lowest BCUT2D eigenvalue weighted by Crippen LogP contribution is -2.31. The van der Waals surface area contributed by atoms with Gasteiger partial charge < -0.3 is 10.1 Å². The van der Waals surface area contributed by atoms with Crippen LogP contribution < -0.4 is 15.6 Å². The molecule has 0 unspecified atom stereocenters. The van der Waals surface area contributed by atoms with Crippen molar-refractivity contribution in [2.75, 3.05) is 6.61 Å². The van der Waals surface area contributed by atoms with Crippen LogP contribution in [-0.4, -0.2) is 32.3 Å². The summed E-state index contributed by atoms with van der Waals surface area (Å²) in [5.41, 5.74) is 1.12. The van der Waals surface area contributed by atoms with Crippen molar-refractivity contribution in [3.05, 3.63) is 94.9 Å². The normalized spacial score (nSPS) is 10.7. The summed E-state index contributed by atoms with van der Waals surface area (Å²) >= 11 is 0. The molecule has 3 aromatic heterocycles. The first kappa shape index (κ1) is 19.3. The van der Waals surface area contributed by atoms with Gasteiger partial charge in [-0.05, 0) is 30.3 Å². The van der Waals surface area contributed by atoms with Gasteiger partial charge >= 0.3 is 0 Å². The van der Waals surface area contributed by atoms with Gasteiger partial charge in [0.1, 0.15) is 5.75 Å². The maximum atomic E-state index is 12.8. The van der Waals surface area contributed by atoms with Gasteiger partial charge in [0.2, 0.25) is 0 Å². The Bertz CT molecular complexity index is 1210. The van der Waals surface area contributed by atoms with E-state index in [1.165, 1.54) is 10.9 Å². The van der Waals surface area contributed by atoms with Crippen LogP contribution in [0.3, 0.4) is 0 Å². The van der Waals surface area contributed by atoms with Crippen LogP contribution in [0.15, 0.2) is 78.0 Å². The minimum atomic E-state index is -0.299. The highest BCUT2D eigenvalue weighted by molar-refractivity contribution is 5.84. The zero-order chi connectivity index (χ0) is 20.8. The predicted molar refractivity (Wildman–Crippen MR) is 111 cm³/mol. The van der Waals surface area contributed by atoms with Gasteiger partial charge in [-0.2, -0.15) is 5.10 Å². The van der Waals surface area contributed by atoms with Crippen LogP contribution in [0.25, 0.3) is 10.8 Å². The summed E-state index contributed by atoms with van der Waals surface area (Å²) in [4.78, 5) is 33.2. The number of hydrogen-bond donors (Lipinski definition) is 1. The van der Waals surface area contributed by atoms with Crippen LogP contribution in [0.2, 0.25) is 0 Å². The molecule has 0 spiro atoms. The molecule has 150 valence electrons. The fraction of sp³-hybridized carbons (Fsp3) is 0.136. The summed E-state index contributed by atoms with van der Waals surface area (Å²) in [6, 6.07) is 16.2. The Hall–Kier alpha value is -4.07. The molecule has 3 heterocycles. The molecule has 8 heteroatoms. The first-order valence-corrected chi connectivity index (χ1v) is 9.39. The van der Waals surface area contributed by atoms with Crippen molar-refractivity contribution in [3.63, 3.8) is 0 Å². The number of amides is 1. The van der Waals surface area contributed by atoms with Gasteiger partial charge in [-0.3, -0.25) is 19.6 Å². The number of nitrogens with one attached hydrogen (secondary N) is 1. The molecule has 0 saturated heterocycles. The number of pyridine rings is 2. The van der Waals surface area contributed by atoms with Crippen molar-refractivity contribution < 1.29 is 9.53 Å². The summed E-state index contributed by atoms with van der Waals surface area (Å²) in [7, 11) is 0. The van der Waals surface area contributed by atoms with E-state index in [0.717, 1.165) is 5.69 Å². The van der Waals surface area contributed by atoms with Crippen molar-refractivity contribution in [3.8, 4) is 5.75 Å². The molecular formula is C22H19N5O3. The zero-order valence-corrected chi connectivity index (χ0v) is 16.1. The number of nitrogens with zero attached hydrogens (tertiary/aromatic N) is 4. The molecule has 30 heavy (non-hydrogen) atoms. The average molecular weight is 401 g/mol. The molecule has 1 aromatic carbocycles. The molecule has 1 amide bonds. The number of fused-ring (bicyclic) bond motifs is 1. The predicted octanol–water partition coefficient (Wildman–Crippen LogP) is 1.93. The second-order valence-electron chi connectivity index (χ2n) is 6.53. The first-order valence-electron chi connectivity index (χ1n) is 9.39. The van der Waals surface area contributed by atoms with Crippen molar-refractivity contribution in [1.29, 1.82) is 0 Å². The summed E-state index contributed by atoms with van der Waals surface area (Å²) in [5.74, 6) is 0.215. The minimum Gasteiger partial charge on any atom is -0.482 e. The third kappa shape index (κ3) is 4.49. The number of benzene rings is 1. The van der Waals surface area contributed by atoms with Crippen molar-refractivity contribution in [2.45, 2.75) is 13.1 Å². The topological polar surface area (TPSA) is 99.0 Å². The molecule has 0 atom stereocenters. The standard InChI is InChI=1S/C22H19N5O3/c28-21(15-30-17-7-5-10-23-12-17)25-13-20-18-8-1-2-9-19(18)22(29)27(26-20)14-16-6-3-4-11-24-16/h1-12H,13-15H2,(H,25,28). The van der Waals surface area contributed by atoms with Crippen LogP contribution in [0.4, 0.5) is 0 Å². The highest BCUT2D eigenvalue weighted by Crippen LogP contribution is 2.13. The summed E-state index contributed by atoms with van der Waals surface area (Å²) in [6.07, 6.45) is 4.84. The Labute approximate surface area is 172 Å². The van der Waals surface area contributed by atoms with Gasteiger partial charge in [-0.1, -0.05) is 24.3 Å². The zero-order valence-electron chi connectivity index (χ0n) is 16.1. The van der Waals surface area contributed by atoms with Crippen molar-refractivity contribution in [1.82, 2.24) is 25.1 Å². The van der Waals surface area contributed by atoms with Crippen LogP contribution >= 0.6 is 0 Å². The molecular weight excluding hydrogens is 382 g/mol. The Morgan fingerprint density at radius 1 is 1.00 bits per heavy atom. The number of aromatic nitrogens is 4. The largest absolute Gasteiger partial charge is 0.482 e. The lowest BCUT2D eigenvalue weighted by molar-refractivity contribution is -0.123. The fourth-order valence-electron chi connectivity index (χ4n) is 3.00. The minimum absolute atomic E-state index is 0.142. The third-order valence-corrected chi connectivity index (χ3v) is 4.44. The number of carbonyl (C=O) groups excluding carboxylic acids is 1. The maximum Gasteiger partial charge on any atom is 0.275 e. The second-order valence-corrected chi connectivity index (χ2v) is 6.53. The van der Waals surface area contributed by atoms with Gasteiger partial charge in [-0.25, -0.2) is 4.68 Å². The highest BCUT2D eigenvalue weighted by Gasteiger charge is 2.12. The number of rotatable bonds is 7. The fourth-order valence-corrected chi connectivity index (χ4v) is 3.00. The Kier molecular flexibility index (Phi) is 5.75. The number of ether oxygens (including phenoxy) is 1. The lowest BCUT2D eigenvalue weighted by Gasteiger charge is -2.12. The summed E-state index contributed by atoms with van der Waals surface area (Å²) < 4.78 is 6.78. The monoisotopic (exact) mass is 401 g/mol. The van der Waals surface area contributed by atoms with E-state index >= 15 is 0 Å². The first-order chi connectivity index (χ1) is 14.7. The van der Waals surface area contributed by atoms with Gasteiger partial charge in [0.25, 0.3) is 11.5 Å². The second kappa shape index (κ2) is 8.95. The van der Waals surface area contributed by atoms with E-state index in [0.29, 0.717) is 22.2 Å². The van der Waals surface area contributed by atoms with Gasteiger partial charge in [0.05, 0.1) is 36.1 Å². The van der Waals surface area contributed by atoms with Crippen molar-refractivity contribution >= 4 is 16.7 Å². The van der Waals surface area contributed by atoms with E-state index < -0.39 is 0 Å². The van der Waals surface area contributed by atoms with Crippen LogP contribution in [0.5, 0.6) is 5.75 Å². The molecule has 4 rings (SSSR count). The molecule has 0 radical (unpaired) electrons. The van der Waals surface area contributed by atoms with Crippen LogP contribution in [0.1, 0.15) is 11.4 Å². The SMILES string of the molecule is O=C(COc1cccnc1)NCc1nn(Cc2ccccn2)c(=O)c2ccccc12. The molecule has 0 aliphatic rings. The smallest absolute Gasteiger partial charge is 0.275 e. The lowest BCUT2D eigenvalue weighted by atomic mass is 10.1. The Morgan fingerprint density at radius 2 is 1.83 bits per heavy atom. The highest BCUT2D eigenvalue weighted by atomic mass is 16.5. The molecule has 1 N–H and O–H groups in total. The van der Waals surface area contributed by atoms with Gasteiger partial charge in [0, 0.05) is 17.8 Å². The number of hydrogen-bond acceptors (Lipinski definition) is 6. The van der Waals surface area contributed by atoms with E-state index in [-0.39, 0.29) is 31.2 Å². The van der Waals surface area contributed by atoms with Crippen LogP contribution in [-0.2, 0) is 17.9 Å². The quantitative estimate of drug-likeness (QED) is 0.508. The Balaban J connectivity index is 1.53. The van der Waals surface area contributed by atoms with E-state index in [9.17, 15) is 9.59 Å². The molecule has 8 nitrogen and oxygen atoms in total. The van der Waals surface area contributed by atoms with E-state index in [1.807, 2.05) is 30.3 Å². The van der Waals surface area contributed by atoms with E-state index in [4.69, 9.17) is 4.74 Å². The molecule has 0 fully saturated rings. The molecule has 0 saturated carbocycles. The maximum absolute atomic E-state index is 12.8. The third-order valence-electron chi connectivity index (χ3n) is 4.44. The molecule has 0 aliphatic carbocycles. The van der Waals surface area contributed by atoms with Gasteiger partial charge in [-0.15, -0.1) is 0 Å². The molecule has 0 aliphatic heterocycles. The molecule has 4 aromatic rings. The van der Waals surface area contributed by atoms with E-state index in [1.54, 1.807) is 36.7 Å². The Morgan fingerprint density at radius 3 is 2.60 bits per heavy atom. The molecule has 0 bridgehead atoms. The number of carbonyl (C=O) groups is 1. The average Bonchev–Trinajstić information content (AvgIpc) is 2.80. The van der Waals surface area contributed by atoms with Crippen LogP contribution in [0, 0.1) is 0 Å². The van der Waals surface area contributed by atoms with Gasteiger partial charge in [0.15, 0.2) is 6.61 Å². The van der Waals surface area contributed by atoms with Crippen molar-refractivity contribution in [2.24, 2.45) is 0 Å². The van der Waals surface area contributed by atoms with E-state index in [2.05, 4.69) is 20.4 Å².